The maximum atomic E-state index is 4.99. The van der Waals surface area contributed by atoms with Crippen molar-refractivity contribution in [3.8, 4) is 11.1 Å². The Hall–Kier alpha value is -1.16. The Morgan fingerprint density at radius 2 is 1.86 bits per heavy atom. The van der Waals surface area contributed by atoms with Crippen LogP contribution in [0.15, 0.2) is 41.1 Å². The molecule has 0 saturated carbocycles. The summed E-state index contributed by atoms with van der Waals surface area (Å²) in [5.74, 6) is 4.99. The number of hydrogen-bond acceptors (Lipinski definition) is 3. The molecule has 0 bridgehead atoms. The molecule has 1 heterocycles. The van der Waals surface area contributed by atoms with Crippen LogP contribution < -0.4 is 5.90 Å². The van der Waals surface area contributed by atoms with E-state index in [0.717, 1.165) is 5.56 Å². The van der Waals surface area contributed by atoms with Crippen LogP contribution in [0.4, 0.5) is 0 Å². The summed E-state index contributed by atoms with van der Waals surface area (Å²) in [5.41, 5.74) is 3.58. The molecule has 0 saturated heterocycles. The average Bonchev–Trinajstić information content (AvgIpc) is 2.72. The van der Waals surface area contributed by atoms with Crippen molar-refractivity contribution in [2.45, 2.75) is 6.61 Å². The Morgan fingerprint density at radius 1 is 1.07 bits per heavy atom. The van der Waals surface area contributed by atoms with Crippen molar-refractivity contribution in [3.05, 3.63) is 46.7 Å². The van der Waals surface area contributed by atoms with E-state index in [4.69, 9.17) is 5.90 Å². The summed E-state index contributed by atoms with van der Waals surface area (Å²) in [6.45, 7) is 0.462. The predicted octanol–water partition coefficient (Wildman–Crippen LogP) is 2.81. The fourth-order valence-electron chi connectivity index (χ4n) is 1.32. The molecule has 1 aromatic heterocycles. The van der Waals surface area contributed by atoms with Gasteiger partial charge in [0.1, 0.15) is 0 Å². The first-order chi connectivity index (χ1) is 6.90. The van der Waals surface area contributed by atoms with Gasteiger partial charge in [0.05, 0.1) is 6.61 Å². The minimum atomic E-state index is 0.462. The lowest BCUT2D eigenvalue weighted by atomic mass is 10.1. The van der Waals surface area contributed by atoms with Gasteiger partial charge in [0.15, 0.2) is 0 Å². The van der Waals surface area contributed by atoms with Gasteiger partial charge in [-0.2, -0.15) is 11.3 Å². The quantitative estimate of drug-likeness (QED) is 0.782. The van der Waals surface area contributed by atoms with Crippen LogP contribution in [0.1, 0.15) is 5.56 Å². The minimum Gasteiger partial charge on any atom is -0.300 e. The minimum absolute atomic E-state index is 0.462. The smallest absolute Gasteiger partial charge is 0.0930 e. The Kier molecular flexibility index (Phi) is 2.93. The monoisotopic (exact) mass is 205 g/mol. The van der Waals surface area contributed by atoms with Crippen LogP contribution in [0.2, 0.25) is 0 Å². The predicted molar refractivity (Wildman–Crippen MR) is 58.7 cm³/mol. The van der Waals surface area contributed by atoms with E-state index in [2.05, 4.69) is 33.8 Å². The first-order valence-corrected chi connectivity index (χ1v) is 5.27. The van der Waals surface area contributed by atoms with Gasteiger partial charge in [-0.15, -0.1) is 0 Å². The normalized spacial score (nSPS) is 10.4. The molecule has 72 valence electrons. The molecule has 1 aromatic carbocycles. The van der Waals surface area contributed by atoms with Crippen molar-refractivity contribution in [2.75, 3.05) is 0 Å². The summed E-state index contributed by atoms with van der Waals surface area (Å²) in [5, 5.41) is 4.21. The van der Waals surface area contributed by atoms with E-state index in [-0.39, 0.29) is 0 Å². The number of benzene rings is 1. The third-order valence-corrected chi connectivity index (χ3v) is 2.74. The molecule has 0 unspecified atom stereocenters. The van der Waals surface area contributed by atoms with Gasteiger partial charge in [0.2, 0.25) is 0 Å². The van der Waals surface area contributed by atoms with E-state index < -0.39 is 0 Å². The number of thiophene rings is 1. The molecular formula is C11H11NOS. The van der Waals surface area contributed by atoms with Gasteiger partial charge >= 0.3 is 0 Å². The highest BCUT2D eigenvalue weighted by Gasteiger charge is 1.97. The van der Waals surface area contributed by atoms with Crippen molar-refractivity contribution < 1.29 is 4.84 Å². The Morgan fingerprint density at radius 3 is 2.43 bits per heavy atom. The SMILES string of the molecule is NOCc1ccc(-c2ccsc2)cc1. The van der Waals surface area contributed by atoms with Crippen LogP contribution in [0.5, 0.6) is 0 Å². The van der Waals surface area contributed by atoms with Crippen molar-refractivity contribution in [1.29, 1.82) is 0 Å². The molecule has 0 amide bonds. The standard InChI is InChI=1S/C11H11NOS/c12-13-7-9-1-3-10(4-2-9)11-5-6-14-8-11/h1-6,8H,7,12H2. The summed E-state index contributed by atoms with van der Waals surface area (Å²) < 4.78 is 0. The van der Waals surface area contributed by atoms with Crippen LogP contribution in [0.25, 0.3) is 11.1 Å². The molecule has 0 atom stereocenters. The zero-order valence-electron chi connectivity index (χ0n) is 7.64. The molecule has 0 aliphatic carbocycles. The van der Waals surface area contributed by atoms with Gasteiger partial charge in [-0.3, -0.25) is 4.84 Å². The summed E-state index contributed by atoms with van der Waals surface area (Å²) in [7, 11) is 0. The van der Waals surface area contributed by atoms with Crippen molar-refractivity contribution in [2.24, 2.45) is 5.90 Å². The summed E-state index contributed by atoms with van der Waals surface area (Å²) >= 11 is 1.70. The fourth-order valence-corrected chi connectivity index (χ4v) is 1.98. The van der Waals surface area contributed by atoms with Crippen molar-refractivity contribution >= 4 is 11.3 Å². The highest BCUT2D eigenvalue weighted by molar-refractivity contribution is 7.08. The van der Waals surface area contributed by atoms with E-state index in [1.54, 1.807) is 11.3 Å². The molecule has 14 heavy (non-hydrogen) atoms. The van der Waals surface area contributed by atoms with Gasteiger partial charge in [-0.25, -0.2) is 5.90 Å². The van der Waals surface area contributed by atoms with Gasteiger partial charge in [-0.05, 0) is 33.5 Å². The second kappa shape index (κ2) is 4.37. The van der Waals surface area contributed by atoms with E-state index in [9.17, 15) is 0 Å². The van der Waals surface area contributed by atoms with Crippen LogP contribution in [0.3, 0.4) is 0 Å². The van der Waals surface area contributed by atoms with Crippen LogP contribution in [-0.4, -0.2) is 0 Å². The Labute approximate surface area is 86.9 Å². The van der Waals surface area contributed by atoms with E-state index in [1.165, 1.54) is 11.1 Å². The number of hydrogen-bond donors (Lipinski definition) is 1. The molecule has 2 rings (SSSR count). The van der Waals surface area contributed by atoms with E-state index >= 15 is 0 Å². The van der Waals surface area contributed by atoms with Gasteiger partial charge in [0, 0.05) is 0 Å². The molecule has 0 radical (unpaired) electrons. The molecule has 3 heteroatoms. The average molecular weight is 205 g/mol. The van der Waals surface area contributed by atoms with Crippen LogP contribution >= 0.6 is 11.3 Å². The van der Waals surface area contributed by atoms with E-state index in [0.29, 0.717) is 6.61 Å². The zero-order chi connectivity index (χ0) is 9.80. The highest BCUT2D eigenvalue weighted by atomic mass is 32.1. The second-order valence-corrected chi connectivity index (χ2v) is 3.80. The van der Waals surface area contributed by atoms with E-state index in [1.807, 2.05) is 12.1 Å². The largest absolute Gasteiger partial charge is 0.300 e. The first kappa shape index (κ1) is 9.40. The zero-order valence-corrected chi connectivity index (χ0v) is 8.46. The van der Waals surface area contributed by atoms with Crippen molar-refractivity contribution in [1.82, 2.24) is 0 Å². The Bertz CT molecular complexity index is 380. The molecular weight excluding hydrogens is 194 g/mol. The summed E-state index contributed by atoms with van der Waals surface area (Å²) in [4.78, 5) is 4.56. The molecule has 0 aliphatic rings. The van der Waals surface area contributed by atoms with Gasteiger partial charge in [0.25, 0.3) is 0 Å². The Balaban J connectivity index is 2.22. The fraction of sp³-hybridized carbons (Fsp3) is 0.0909. The summed E-state index contributed by atoms with van der Waals surface area (Å²) in [6, 6.07) is 10.3. The molecule has 0 aliphatic heterocycles. The lowest BCUT2D eigenvalue weighted by molar-refractivity contribution is 0.124. The lowest BCUT2D eigenvalue weighted by Crippen LogP contribution is -1.98. The number of nitrogens with two attached hydrogens (primary N) is 1. The topological polar surface area (TPSA) is 35.2 Å². The van der Waals surface area contributed by atoms with Gasteiger partial charge in [-0.1, -0.05) is 24.3 Å². The third-order valence-electron chi connectivity index (χ3n) is 2.06. The highest BCUT2D eigenvalue weighted by Crippen LogP contribution is 2.22. The van der Waals surface area contributed by atoms with Crippen LogP contribution in [-0.2, 0) is 11.4 Å². The third kappa shape index (κ3) is 2.01. The van der Waals surface area contributed by atoms with Gasteiger partial charge < -0.3 is 0 Å². The summed E-state index contributed by atoms with van der Waals surface area (Å²) in [6.07, 6.45) is 0. The molecule has 2 aromatic rings. The molecule has 2 N–H and O–H groups in total. The second-order valence-electron chi connectivity index (χ2n) is 3.02. The lowest BCUT2D eigenvalue weighted by Gasteiger charge is -2.01. The molecule has 2 nitrogen and oxygen atoms in total. The van der Waals surface area contributed by atoms with Crippen molar-refractivity contribution in [3.63, 3.8) is 0 Å². The number of rotatable bonds is 3. The maximum Gasteiger partial charge on any atom is 0.0930 e. The maximum absolute atomic E-state index is 4.99. The first-order valence-electron chi connectivity index (χ1n) is 4.33. The van der Waals surface area contributed by atoms with Crippen LogP contribution in [0, 0.1) is 0 Å². The molecule has 0 fully saturated rings. The molecule has 0 spiro atoms.